The number of hydrogen-bond acceptors (Lipinski definition) is 6. The lowest BCUT2D eigenvalue weighted by atomic mass is 10.2. The fourth-order valence-electron chi connectivity index (χ4n) is 2.11. The number of nitrogens with zero attached hydrogens (tertiary/aromatic N) is 3. The Morgan fingerprint density at radius 2 is 1.72 bits per heavy atom. The van der Waals surface area contributed by atoms with Gasteiger partial charge in [0.05, 0.1) is 33.4 Å². The molecule has 0 N–H and O–H groups in total. The van der Waals surface area contributed by atoms with E-state index in [4.69, 9.17) is 14.2 Å². The fourth-order valence-corrected chi connectivity index (χ4v) is 2.11. The Bertz CT molecular complexity index is 736. The van der Waals surface area contributed by atoms with E-state index in [1.807, 2.05) is 18.2 Å². The Balaban J connectivity index is 0.00000312. The Morgan fingerprint density at radius 3 is 2.32 bits per heavy atom. The molecule has 2 aromatic rings. The van der Waals surface area contributed by atoms with Gasteiger partial charge in [-0.1, -0.05) is 6.07 Å². The molecule has 7 nitrogen and oxygen atoms in total. The van der Waals surface area contributed by atoms with Crippen molar-refractivity contribution in [3.05, 3.63) is 48.3 Å². The maximum absolute atomic E-state index is 11.8. The zero-order chi connectivity index (χ0) is 17.4. The van der Waals surface area contributed by atoms with Crippen LogP contribution >= 0.6 is 12.4 Å². The smallest absolute Gasteiger partial charge is 0.203 e. The molecule has 0 aliphatic heterocycles. The first kappa shape index (κ1) is 20.2. The molecule has 0 atom stereocenters. The van der Waals surface area contributed by atoms with Crippen molar-refractivity contribution in [3.8, 4) is 17.2 Å². The van der Waals surface area contributed by atoms with Crippen molar-refractivity contribution in [2.75, 3.05) is 21.3 Å². The van der Waals surface area contributed by atoms with Gasteiger partial charge in [-0.3, -0.25) is 0 Å². The third-order valence-electron chi connectivity index (χ3n) is 3.20. The highest BCUT2D eigenvalue weighted by Crippen LogP contribution is 2.38. The van der Waals surface area contributed by atoms with Gasteiger partial charge in [0.25, 0.3) is 0 Å². The minimum atomic E-state index is -0.359. The molecule has 1 aromatic carbocycles. The molecule has 0 bridgehead atoms. The summed E-state index contributed by atoms with van der Waals surface area (Å²) >= 11 is 0. The van der Waals surface area contributed by atoms with Crippen LogP contribution in [0.25, 0.3) is 0 Å². The predicted molar refractivity (Wildman–Crippen MR) is 95.0 cm³/mol. The van der Waals surface area contributed by atoms with Gasteiger partial charge in [-0.25, -0.2) is 4.57 Å². The summed E-state index contributed by atoms with van der Waals surface area (Å²) in [5.41, 5.74) is 0.624. The van der Waals surface area contributed by atoms with Crippen molar-refractivity contribution < 1.29 is 23.9 Å². The lowest BCUT2D eigenvalue weighted by Crippen LogP contribution is -2.41. The number of halogens is 1. The van der Waals surface area contributed by atoms with Gasteiger partial charge in [0.2, 0.25) is 5.75 Å². The topological polar surface area (TPSA) is 79.4 Å². The van der Waals surface area contributed by atoms with Crippen LogP contribution in [0.15, 0.2) is 52.9 Å². The molecule has 0 amide bonds. The average molecular weight is 366 g/mol. The average Bonchev–Trinajstić information content (AvgIpc) is 2.61. The van der Waals surface area contributed by atoms with Gasteiger partial charge in [-0.15, -0.1) is 12.4 Å². The van der Waals surface area contributed by atoms with E-state index in [1.165, 1.54) is 20.4 Å². The van der Waals surface area contributed by atoms with E-state index in [9.17, 15) is 5.11 Å². The first-order valence-corrected chi connectivity index (χ1v) is 7.19. The normalized spacial score (nSPS) is 11.1. The van der Waals surface area contributed by atoms with Gasteiger partial charge in [0, 0.05) is 17.7 Å². The van der Waals surface area contributed by atoms with E-state index in [2.05, 4.69) is 10.2 Å². The number of methoxy groups -OCH3 is 3. The Labute approximate surface area is 152 Å². The predicted octanol–water partition coefficient (Wildman–Crippen LogP) is 1.21. The molecule has 0 aliphatic rings. The van der Waals surface area contributed by atoms with E-state index in [0.717, 1.165) is 0 Å². The summed E-state index contributed by atoms with van der Waals surface area (Å²) in [6.07, 6.45) is 5.01. The third kappa shape index (κ3) is 5.36. The highest BCUT2D eigenvalue weighted by atomic mass is 35.5. The fraction of sp³-hybridized carbons (Fsp3) is 0.235. The third-order valence-corrected chi connectivity index (χ3v) is 3.20. The number of hydrogen-bond donors (Lipinski definition) is 0. The van der Waals surface area contributed by atoms with E-state index in [-0.39, 0.29) is 24.8 Å². The number of aromatic nitrogens is 1. The minimum Gasteiger partial charge on any atom is -0.856 e. The van der Waals surface area contributed by atoms with E-state index >= 15 is 0 Å². The molecule has 25 heavy (non-hydrogen) atoms. The highest BCUT2D eigenvalue weighted by Gasteiger charge is 2.14. The number of benzene rings is 1. The number of rotatable bonds is 7. The summed E-state index contributed by atoms with van der Waals surface area (Å²) in [5.74, 6) is 1.10. The molecule has 1 heterocycles. The van der Waals surface area contributed by atoms with Gasteiger partial charge < -0.3 is 19.3 Å². The molecule has 0 spiro atoms. The number of pyridine rings is 1. The molecule has 134 valence electrons. The molecule has 1 aromatic heterocycles. The first-order chi connectivity index (χ1) is 11.7. The molecule has 0 fully saturated rings. The monoisotopic (exact) mass is 365 g/mol. The Morgan fingerprint density at radius 1 is 1.04 bits per heavy atom. The largest absolute Gasteiger partial charge is 0.856 e. The van der Waals surface area contributed by atoms with Crippen molar-refractivity contribution in [2.24, 2.45) is 10.2 Å². The second kappa shape index (κ2) is 10.1. The van der Waals surface area contributed by atoms with Gasteiger partial charge in [-0.05, 0) is 12.1 Å². The SMILES string of the molecule is COc1ccc(/C=N/N=C([O-])C[n+]2ccccc2)c(OC)c1OC.Cl. The molecular weight excluding hydrogens is 346 g/mol. The van der Waals surface area contributed by atoms with Crippen LogP contribution in [0.4, 0.5) is 0 Å². The summed E-state index contributed by atoms with van der Waals surface area (Å²) in [6, 6.07) is 9.02. The van der Waals surface area contributed by atoms with Crippen molar-refractivity contribution in [1.82, 2.24) is 0 Å². The number of ether oxygens (including phenoxy) is 3. The Kier molecular flexibility index (Phi) is 8.22. The van der Waals surface area contributed by atoms with Crippen LogP contribution in [-0.2, 0) is 6.54 Å². The zero-order valence-electron chi connectivity index (χ0n) is 14.2. The zero-order valence-corrected chi connectivity index (χ0v) is 15.0. The summed E-state index contributed by atoms with van der Waals surface area (Å²) in [6.45, 7) is 0.126. The molecule has 0 saturated heterocycles. The van der Waals surface area contributed by atoms with E-state index < -0.39 is 0 Å². The van der Waals surface area contributed by atoms with Crippen LogP contribution in [0, 0.1) is 0 Å². The molecule has 0 unspecified atom stereocenters. The lowest BCUT2D eigenvalue weighted by molar-refractivity contribution is -0.687. The lowest BCUT2D eigenvalue weighted by Gasteiger charge is -2.13. The second-order valence-electron chi connectivity index (χ2n) is 4.71. The van der Waals surface area contributed by atoms with E-state index in [1.54, 1.807) is 36.2 Å². The Hall–Kier alpha value is -2.80. The minimum absolute atomic E-state index is 0. The molecule has 8 heteroatoms. The van der Waals surface area contributed by atoms with Crippen molar-refractivity contribution in [1.29, 1.82) is 0 Å². The van der Waals surface area contributed by atoms with Gasteiger partial charge in [-0.2, -0.15) is 10.2 Å². The van der Waals surface area contributed by atoms with Gasteiger partial charge >= 0.3 is 0 Å². The van der Waals surface area contributed by atoms with Crippen LogP contribution in [-0.4, -0.2) is 33.4 Å². The summed E-state index contributed by atoms with van der Waals surface area (Å²) < 4.78 is 17.6. The van der Waals surface area contributed by atoms with Crippen LogP contribution in [0.3, 0.4) is 0 Å². The quantitative estimate of drug-likeness (QED) is 0.320. The van der Waals surface area contributed by atoms with Crippen molar-refractivity contribution in [3.63, 3.8) is 0 Å². The van der Waals surface area contributed by atoms with Crippen LogP contribution < -0.4 is 23.9 Å². The van der Waals surface area contributed by atoms with Crippen molar-refractivity contribution in [2.45, 2.75) is 6.54 Å². The first-order valence-electron chi connectivity index (χ1n) is 7.19. The highest BCUT2D eigenvalue weighted by molar-refractivity contribution is 5.86. The maximum Gasteiger partial charge on any atom is 0.203 e. The molecule has 0 radical (unpaired) electrons. The molecule has 0 aliphatic carbocycles. The molecule has 2 rings (SSSR count). The maximum atomic E-state index is 11.8. The van der Waals surface area contributed by atoms with E-state index in [0.29, 0.717) is 22.8 Å². The van der Waals surface area contributed by atoms with Crippen molar-refractivity contribution >= 4 is 24.5 Å². The van der Waals surface area contributed by atoms with Crippen LogP contribution in [0.2, 0.25) is 0 Å². The summed E-state index contributed by atoms with van der Waals surface area (Å²) in [4.78, 5) is 0. The van der Waals surface area contributed by atoms with Crippen LogP contribution in [0.5, 0.6) is 17.2 Å². The standard InChI is InChI=1S/C17H19N3O4.ClH/c1-22-14-8-7-13(16(23-2)17(14)24-3)11-18-19-15(21)12-20-9-5-4-6-10-20;/h4-11H,12H2,1-3H3;1H/b18-11+;. The molecule has 0 saturated carbocycles. The summed E-state index contributed by atoms with van der Waals surface area (Å²) in [5, 5.41) is 19.3. The second-order valence-corrected chi connectivity index (χ2v) is 4.71. The summed E-state index contributed by atoms with van der Waals surface area (Å²) in [7, 11) is 4.58. The van der Waals surface area contributed by atoms with Gasteiger partial charge in [0.15, 0.2) is 30.4 Å². The molecular formula is C17H20ClN3O4. The van der Waals surface area contributed by atoms with Gasteiger partial charge in [0.1, 0.15) is 0 Å². The van der Waals surface area contributed by atoms with Crippen LogP contribution in [0.1, 0.15) is 5.56 Å².